The smallest absolute Gasteiger partial charge is 0.368 e. The van der Waals surface area contributed by atoms with E-state index in [1.54, 1.807) is 11.8 Å². The second-order valence-electron chi connectivity index (χ2n) is 8.80. The Bertz CT molecular complexity index is 1130. The molecule has 1 aliphatic heterocycles. The number of hydrogen-bond donors (Lipinski definition) is 0. The number of alkyl halides is 3. The fourth-order valence-corrected chi connectivity index (χ4v) is 5.04. The van der Waals surface area contributed by atoms with Gasteiger partial charge in [-0.15, -0.1) is 0 Å². The molecule has 0 unspecified atom stereocenters. The van der Waals surface area contributed by atoms with Gasteiger partial charge in [0, 0.05) is 37.8 Å². The first-order valence-corrected chi connectivity index (χ1v) is 12.4. The van der Waals surface area contributed by atoms with Gasteiger partial charge < -0.3 is 9.80 Å². The maximum atomic E-state index is 13.1. The quantitative estimate of drug-likeness (QED) is 0.406. The van der Waals surface area contributed by atoms with E-state index in [9.17, 15) is 37.4 Å². The Hall–Kier alpha value is -2.50. The van der Waals surface area contributed by atoms with E-state index in [0.717, 1.165) is 18.2 Å². The number of amides is 1. The zero-order valence-electron chi connectivity index (χ0n) is 18.0. The molecule has 4 rings (SSSR count). The van der Waals surface area contributed by atoms with Crippen molar-refractivity contribution in [1.82, 2.24) is 4.90 Å². The van der Waals surface area contributed by atoms with Crippen LogP contribution in [0.15, 0.2) is 47.4 Å². The highest BCUT2D eigenvalue weighted by Gasteiger charge is 2.65. The summed E-state index contributed by atoms with van der Waals surface area (Å²) < 4.78 is 105. The molecule has 0 bridgehead atoms. The molecule has 1 amide bonds. The highest BCUT2D eigenvalue weighted by Crippen LogP contribution is 3.02. The van der Waals surface area contributed by atoms with Gasteiger partial charge in [0.1, 0.15) is 4.90 Å². The Morgan fingerprint density at radius 1 is 0.941 bits per heavy atom. The molecule has 2 fully saturated rings. The van der Waals surface area contributed by atoms with Crippen LogP contribution >= 0.6 is 10.2 Å². The van der Waals surface area contributed by atoms with Crippen molar-refractivity contribution in [2.75, 3.05) is 31.1 Å². The van der Waals surface area contributed by atoms with Gasteiger partial charge in [-0.2, -0.15) is 13.2 Å². The minimum absolute atomic E-state index is 0.0438. The molecule has 2 atom stereocenters. The summed E-state index contributed by atoms with van der Waals surface area (Å²) in [5.74, 6) is -1.46. The number of carbonyl (C=O) groups is 1. The summed E-state index contributed by atoms with van der Waals surface area (Å²) >= 11 is 0. The first-order chi connectivity index (χ1) is 15.4. The van der Waals surface area contributed by atoms with Crippen LogP contribution in [0.25, 0.3) is 0 Å². The summed E-state index contributed by atoms with van der Waals surface area (Å²) in [6, 6.07) is 6.46. The lowest BCUT2D eigenvalue weighted by molar-refractivity contribution is -0.137. The topological polar surface area (TPSA) is 23.6 Å². The monoisotopic (exact) mass is 514 g/mol. The highest BCUT2D eigenvalue weighted by atomic mass is 32.5. The Morgan fingerprint density at radius 3 is 2.18 bits per heavy atom. The zero-order chi connectivity index (χ0) is 25.2. The lowest BCUT2D eigenvalue weighted by atomic mass is 10.1. The van der Waals surface area contributed by atoms with E-state index in [2.05, 4.69) is 0 Å². The van der Waals surface area contributed by atoms with Crippen molar-refractivity contribution < 1.29 is 37.4 Å². The van der Waals surface area contributed by atoms with Crippen LogP contribution in [-0.4, -0.2) is 37.0 Å². The fraction of sp³-hybridized carbons (Fsp3) is 0.409. The van der Waals surface area contributed by atoms with Crippen LogP contribution in [0, 0.1) is 12.8 Å². The summed E-state index contributed by atoms with van der Waals surface area (Å²) in [6.45, 7) is 2.77. The maximum absolute atomic E-state index is 13.1. The van der Waals surface area contributed by atoms with Crippen LogP contribution in [-0.2, 0) is 11.0 Å². The normalized spacial score (nSPS) is 23.3. The summed E-state index contributed by atoms with van der Waals surface area (Å²) in [5, 5.41) is 0. The van der Waals surface area contributed by atoms with Crippen LogP contribution in [0.1, 0.15) is 29.0 Å². The molecule has 2 aliphatic rings. The molecule has 3 nitrogen and oxygen atoms in total. The van der Waals surface area contributed by atoms with Gasteiger partial charge in [0.2, 0.25) is 5.91 Å². The van der Waals surface area contributed by atoms with Gasteiger partial charge in [-0.25, -0.2) is 0 Å². The second kappa shape index (κ2) is 7.25. The minimum atomic E-state index is -9.81. The van der Waals surface area contributed by atoms with Gasteiger partial charge in [-0.05, 0) is 54.7 Å². The SMILES string of the molecule is Cc1ccc(C(F)(F)F)cc1N1CCN(C(=O)[C@@H]2C[C@@H]2c2cccc(S(F)(F)(F)(F)F)c2)CC1. The van der Waals surface area contributed by atoms with Gasteiger partial charge in [-0.3, -0.25) is 4.79 Å². The molecule has 12 heteroatoms. The van der Waals surface area contributed by atoms with Crippen LogP contribution in [0.3, 0.4) is 0 Å². The Morgan fingerprint density at radius 2 is 1.59 bits per heavy atom. The molecule has 0 radical (unpaired) electrons. The zero-order valence-corrected chi connectivity index (χ0v) is 18.8. The Balaban J connectivity index is 1.41. The van der Waals surface area contributed by atoms with Crippen molar-refractivity contribution in [2.45, 2.75) is 30.3 Å². The molecular weight excluding hydrogens is 492 g/mol. The van der Waals surface area contributed by atoms with Crippen molar-refractivity contribution in [3.63, 3.8) is 0 Å². The van der Waals surface area contributed by atoms with Crippen LogP contribution in [0.2, 0.25) is 0 Å². The molecule has 0 N–H and O–H groups in total. The van der Waals surface area contributed by atoms with Crippen molar-refractivity contribution in [1.29, 1.82) is 0 Å². The number of hydrogen-bond acceptors (Lipinski definition) is 2. The third-order valence-electron chi connectivity index (χ3n) is 6.31. The van der Waals surface area contributed by atoms with E-state index in [4.69, 9.17) is 0 Å². The molecule has 1 heterocycles. The number of aryl methyl sites for hydroxylation is 1. The highest BCUT2D eigenvalue weighted by molar-refractivity contribution is 8.45. The molecule has 2 aromatic rings. The van der Waals surface area contributed by atoms with Crippen LogP contribution < -0.4 is 4.90 Å². The first-order valence-electron chi connectivity index (χ1n) is 10.5. The molecule has 1 saturated carbocycles. The summed E-state index contributed by atoms with van der Waals surface area (Å²) in [4.78, 5) is 14.2. The van der Waals surface area contributed by atoms with Crippen molar-refractivity contribution in [3.8, 4) is 0 Å². The van der Waals surface area contributed by atoms with E-state index >= 15 is 0 Å². The van der Waals surface area contributed by atoms with Gasteiger partial charge in [0.05, 0.1) is 5.56 Å². The largest absolute Gasteiger partial charge is 0.416 e. The summed E-state index contributed by atoms with van der Waals surface area (Å²) in [7, 11) is -9.81. The van der Waals surface area contributed by atoms with Gasteiger partial charge in [0.25, 0.3) is 0 Å². The van der Waals surface area contributed by atoms with E-state index in [-0.39, 0.29) is 31.0 Å². The van der Waals surface area contributed by atoms with Gasteiger partial charge in [0.15, 0.2) is 0 Å². The molecule has 188 valence electrons. The van der Waals surface area contributed by atoms with Gasteiger partial charge >= 0.3 is 16.4 Å². The van der Waals surface area contributed by atoms with Gasteiger partial charge in [-0.1, -0.05) is 37.6 Å². The number of anilines is 1. The Kier molecular flexibility index (Phi) is 5.25. The molecular formula is C22H22F8N2OS. The van der Waals surface area contributed by atoms with E-state index < -0.39 is 38.7 Å². The van der Waals surface area contributed by atoms with Crippen LogP contribution in [0.5, 0.6) is 0 Å². The minimum Gasteiger partial charge on any atom is -0.368 e. The van der Waals surface area contributed by atoms with E-state index in [1.807, 2.05) is 0 Å². The maximum Gasteiger partial charge on any atom is 0.416 e. The molecule has 0 aromatic heterocycles. The van der Waals surface area contributed by atoms with E-state index in [0.29, 0.717) is 36.5 Å². The third kappa shape index (κ3) is 5.11. The average Bonchev–Trinajstić information content (AvgIpc) is 3.52. The molecule has 34 heavy (non-hydrogen) atoms. The fourth-order valence-electron chi connectivity index (χ4n) is 4.35. The summed E-state index contributed by atoms with van der Waals surface area (Å²) in [5.41, 5.74) is 0.376. The standard InChI is InChI=1S/C22H22F8N2OS/c1-14-5-6-16(22(23,24)25)12-20(14)31-7-9-32(10-8-31)21(33)19-13-18(19)15-3-2-4-17(11-15)34(26,27,28,29)30/h2-6,11-12,18-19H,7-10,13H2,1H3/t18-,19-/m1/s1. The average molecular weight is 514 g/mol. The molecule has 1 aliphatic carbocycles. The number of benzene rings is 2. The summed E-state index contributed by atoms with van der Waals surface area (Å²) in [6.07, 6.45) is -4.22. The number of nitrogens with zero attached hydrogens (tertiary/aromatic N) is 2. The Labute approximate surface area is 191 Å². The number of rotatable bonds is 4. The molecule has 2 aromatic carbocycles. The van der Waals surface area contributed by atoms with Crippen molar-refractivity contribution in [2.24, 2.45) is 5.92 Å². The number of halogens is 8. The number of piperazine rings is 1. The lowest BCUT2D eigenvalue weighted by Crippen LogP contribution is -2.49. The predicted octanol–water partition coefficient (Wildman–Crippen LogP) is 7.12. The van der Waals surface area contributed by atoms with E-state index in [1.165, 1.54) is 17.0 Å². The lowest BCUT2D eigenvalue weighted by Gasteiger charge is -2.40. The third-order valence-corrected chi connectivity index (χ3v) is 7.45. The molecule has 0 spiro atoms. The predicted molar refractivity (Wildman–Crippen MR) is 114 cm³/mol. The number of carbonyl (C=O) groups excluding carboxylic acids is 1. The second-order valence-corrected chi connectivity index (χ2v) is 11.2. The molecule has 1 saturated heterocycles. The van der Waals surface area contributed by atoms with Crippen molar-refractivity contribution >= 4 is 21.8 Å². The first kappa shape index (κ1) is 24.6. The van der Waals surface area contributed by atoms with Crippen molar-refractivity contribution in [3.05, 3.63) is 59.2 Å². The van der Waals surface area contributed by atoms with Crippen LogP contribution in [0.4, 0.5) is 38.3 Å².